The van der Waals surface area contributed by atoms with E-state index in [-0.39, 0.29) is 4.90 Å². The summed E-state index contributed by atoms with van der Waals surface area (Å²) in [5.74, 6) is -0.408. The fourth-order valence-corrected chi connectivity index (χ4v) is 6.12. The standard InChI is InChI=1S/C23H22ClNO3S/c1-3-23(15-14-18-19(23)11-7-12-20(18)24)22(26)25(2)29(27,28)21-13-6-9-16-8-4-5-10-17(16)21/h4-13H,3,14-15H2,1-2H3. The van der Waals surface area contributed by atoms with Gasteiger partial charge in [-0.15, -0.1) is 0 Å². The number of halogens is 1. The van der Waals surface area contributed by atoms with Gasteiger partial charge in [0.05, 0.1) is 10.3 Å². The predicted octanol–water partition coefficient (Wildman–Crippen LogP) is 4.93. The van der Waals surface area contributed by atoms with Crippen LogP contribution >= 0.6 is 11.6 Å². The summed E-state index contributed by atoms with van der Waals surface area (Å²) in [5.41, 5.74) is 0.907. The number of nitrogens with zero attached hydrogens (tertiary/aromatic N) is 1. The molecule has 1 aliphatic carbocycles. The normalized spacial score (nSPS) is 18.6. The molecule has 1 amide bonds. The van der Waals surface area contributed by atoms with Crippen molar-refractivity contribution >= 4 is 38.3 Å². The number of amides is 1. The maximum Gasteiger partial charge on any atom is 0.266 e. The van der Waals surface area contributed by atoms with Crippen molar-refractivity contribution in [1.82, 2.24) is 4.31 Å². The quantitative estimate of drug-likeness (QED) is 0.592. The van der Waals surface area contributed by atoms with Crippen molar-refractivity contribution in [3.8, 4) is 0 Å². The van der Waals surface area contributed by atoms with Gasteiger partial charge in [0.15, 0.2) is 0 Å². The highest BCUT2D eigenvalue weighted by Crippen LogP contribution is 2.45. The van der Waals surface area contributed by atoms with Crippen LogP contribution in [0, 0.1) is 0 Å². The molecule has 150 valence electrons. The van der Waals surface area contributed by atoms with Crippen LogP contribution in [0.25, 0.3) is 10.8 Å². The van der Waals surface area contributed by atoms with Gasteiger partial charge in [0.2, 0.25) is 5.91 Å². The van der Waals surface area contributed by atoms with Crippen molar-refractivity contribution in [3.63, 3.8) is 0 Å². The average molecular weight is 428 g/mol. The number of carbonyl (C=O) groups is 1. The summed E-state index contributed by atoms with van der Waals surface area (Å²) >= 11 is 6.35. The Kier molecular flexibility index (Phi) is 4.91. The molecule has 6 heteroatoms. The minimum Gasteiger partial charge on any atom is -0.273 e. The molecule has 1 atom stereocenters. The topological polar surface area (TPSA) is 54.5 Å². The molecule has 0 saturated heterocycles. The van der Waals surface area contributed by atoms with Crippen LogP contribution in [0.4, 0.5) is 0 Å². The number of benzene rings is 3. The highest BCUT2D eigenvalue weighted by molar-refractivity contribution is 7.89. The molecule has 0 fully saturated rings. The summed E-state index contributed by atoms with van der Waals surface area (Å²) in [6.07, 6.45) is 1.72. The summed E-state index contributed by atoms with van der Waals surface area (Å²) in [4.78, 5) is 13.8. The third kappa shape index (κ3) is 2.95. The molecule has 0 aliphatic heterocycles. The van der Waals surface area contributed by atoms with Crippen molar-refractivity contribution in [2.45, 2.75) is 36.5 Å². The lowest BCUT2D eigenvalue weighted by Crippen LogP contribution is -2.46. The summed E-state index contributed by atoms with van der Waals surface area (Å²) in [7, 11) is -2.65. The first-order chi connectivity index (χ1) is 13.8. The van der Waals surface area contributed by atoms with Gasteiger partial charge in [-0.3, -0.25) is 4.79 Å². The second-order valence-corrected chi connectivity index (χ2v) is 9.80. The highest BCUT2D eigenvalue weighted by atomic mass is 35.5. The van der Waals surface area contributed by atoms with Crippen LogP contribution in [0.2, 0.25) is 5.02 Å². The SMILES string of the molecule is CCC1(C(=O)N(C)S(=O)(=O)c2cccc3ccccc23)CCc2c(Cl)cccc21. The molecule has 0 saturated carbocycles. The minimum absolute atomic E-state index is 0.141. The molecule has 4 rings (SSSR count). The van der Waals surface area contributed by atoms with Gasteiger partial charge in [-0.05, 0) is 47.9 Å². The minimum atomic E-state index is -4.01. The van der Waals surface area contributed by atoms with Gasteiger partial charge in [0.25, 0.3) is 10.0 Å². The maximum absolute atomic E-state index is 13.6. The van der Waals surface area contributed by atoms with E-state index >= 15 is 0 Å². The van der Waals surface area contributed by atoms with Crippen LogP contribution in [0.15, 0.2) is 65.6 Å². The summed E-state index contributed by atoms with van der Waals surface area (Å²) < 4.78 is 27.8. The number of rotatable bonds is 4. The Morgan fingerprint density at radius 3 is 2.52 bits per heavy atom. The summed E-state index contributed by atoms with van der Waals surface area (Å²) in [6, 6.07) is 17.9. The van der Waals surface area contributed by atoms with E-state index < -0.39 is 21.3 Å². The van der Waals surface area contributed by atoms with Crippen molar-refractivity contribution in [1.29, 1.82) is 0 Å². The Bertz CT molecular complexity index is 1220. The number of fused-ring (bicyclic) bond motifs is 2. The number of hydrogen-bond donors (Lipinski definition) is 0. The first-order valence-corrected chi connectivity index (χ1v) is 11.4. The zero-order chi connectivity index (χ0) is 20.8. The van der Waals surface area contributed by atoms with E-state index in [4.69, 9.17) is 11.6 Å². The average Bonchev–Trinajstić information content (AvgIpc) is 3.13. The Morgan fingerprint density at radius 2 is 1.76 bits per heavy atom. The predicted molar refractivity (Wildman–Crippen MR) is 116 cm³/mol. The molecule has 0 spiro atoms. The van der Waals surface area contributed by atoms with Gasteiger partial charge in [0.1, 0.15) is 0 Å². The second kappa shape index (κ2) is 7.15. The van der Waals surface area contributed by atoms with Gasteiger partial charge in [-0.25, -0.2) is 12.7 Å². The van der Waals surface area contributed by atoms with E-state index in [9.17, 15) is 13.2 Å². The first kappa shape index (κ1) is 19.9. The smallest absolute Gasteiger partial charge is 0.266 e. The van der Waals surface area contributed by atoms with E-state index in [1.165, 1.54) is 7.05 Å². The van der Waals surface area contributed by atoms with Crippen LogP contribution < -0.4 is 0 Å². The highest BCUT2D eigenvalue weighted by Gasteiger charge is 2.48. The monoisotopic (exact) mass is 427 g/mol. The van der Waals surface area contributed by atoms with E-state index in [2.05, 4.69) is 0 Å². The zero-order valence-electron chi connectivity index (χ0n) is 16.4. The lowest BCUT2D eigenvalue weighted by molar-refractivity contribution is -0.131. The molecule has 1 unspecified atom stereocenters. The molecule has 1 aliphatic rings. The Labute approximate surface area is 176 Å². The van der Waals surface area contributed by atoms with Crippen LogP contribution in [-0.2, 0) is 26.7 Å². The van der Waals surface area contributed by atoms with Crippen LogP contribution in [-0.4, -0.2) is 25.7 Å². The van der Waals surface area contributed by atoms with Crippen molar-refractivity contribution < 1.29 is 13.2 Å². The Morgan fingerprint density at radius 1 is 1.07 bits per heavy atom. The summed E-state index contributed by atoms with van der Waals surface area (Å²) in [6.45, 7) is 1.92. The molecular weight excluding hydrogens is 406 g/mol. The van der Waals surface area contributed by atoms with Crippen LogP contribution in [0.5, 0.6) is 0 Å². The van der Waals surface area contributed by atoms with E-state index in [0.29, 0.717) is 29.7 Å². The van der Waals surface area contributed by atoms with Crippen LogP contribution in [0.3, 0.4) is 0 Å². The number of hydrogen-bond acceptors (Lipinski definition) is 3. The first-order valence-electron chi connectivity index (χ1n) is 9.62. The molecule has 0 radical (unpaired) electrons. The molecule has 3 aromatic rings. The summed E-state index contributed by atoms with van der Waals surface area (Å²) in [5, 5.41) is 2.05. The number of carbonyl (C=O) groups excluding carboxylic acids is 1. The van der Waals surface area contributed by atoms with E-state index in [1.54, 1.807) is 24.3 Å². The molecule has 29 heavy (non-hydrogen) atoms. The molecule has 4 nitrogen and oxygen atoms in total. The fraction of sp³-hybridized carbons (Fsp3) is 0.261. The van der Waals surface area contributed by atoms with Crippen molar-refractivity contribution in [3.05, 3.63) is 76.8 Å². The fourth-order valence-electron chi connectivity index (χ4n) is 4.45. The third-order valence-corrected chi connectivity index (χ3v) is 8.28. The molecule has 0 bridgehead atoms. The Hall–Kier alpha value is -2.37. The maximum atomic E-state index is 13.6. The molecule has 0 N–H and O–H groups in total. The number of sulfonamides is 1. The van der Waals surface area contributed by atoms with Crippen molar-refractivity contribution in [2.75, 3.05) is 7.05 Å². The van der Waals surface area contributed by atoms with Gasteiger partial charge < -0.3 is 0 Å². The van der Waals surface area contributed by atoms with Gasteiger partial charge in [-0.1, -0.05) is 67.1 Å². The van der Waals surface area contributed by atoms with Crippen molar-refractivity contribution in [2.24, 2.45) is 0 Å². The Balaban J connectivity index is 1.81. The van der Waals surface area contributed by atoms with Gasteiger partial charge in [-0.2, -0.15) is 0 Å². The second-order valence-electron chi connectivity index (χ2n) is 7.46. The third-order valence-electron chi connectivity index (χ3n) is 6.12. The largest absolute Gasteiger partial charge is 0.273 e. The zero-order valence-corrected chi connectivity index (χ0v) is 17.9. The van der Waals surface area contributed by atoms with E-state index in [0.717, 1.165) is 20.8 Å². The lowest BCUT2D eigenvalue weighted by atomic mass is 9.78. The van der Waals surface area contributed by atoms with Gasteiger partial charge >= 0.3 is 0 Å². The van der Waals surface area contributed by atoms with Gasteiger partial charge in [0, 0.05) is 17.5 Å². The van der Waals surface area contributed by atoms with Crippen LogP contribution in [0.1, 0.15) is 30.9 Å². The molecule has 3 aromatic carbocycles. The lowest BCUT2D eigenvalue weighted by Gasteiger charge is -2.32. The molecule has 0 aromatic heterocycles. The van der Waals surface area contributed by atoms with E-state index in [1.807, 2.05) is 43.3 Å². The number of likely N-dealkylation sites (N-methyl/N-ethyl adjacent to an activating group) is 1. The molecule has 0 heterocycles. The molecular formula is C23H22ClNO3S.